The van der Waals surface area contributed by atoms with Gasteiger partial charge in [-0.05, 0) is 42.5 Å². The predicted octanol–water partition coefficient (Wildman–Crippen LogP) is 5.04. The van der Waals surface area contributed by atoms with Crippen LogP contribution in [0, 0.1) is 0 Å². The first kappa shape index (κ1) is 18.7. The summed E-state index contributed by atoms with van der Waals surface area (Å²) in [5.41, 5.74) is -0.0934. The van der Waals surface area contributed by atoms with Crippen LogP contribution in [0.3, 0.4) is 0 Å². The van der Waals surface area contributed by atoms with Crippen LogP contribution in [-0.2, 0) is 6.18 Å². The van der Waals surface area contributed by atoms with Crippen molar-refractivity contribution in [3.63, 3.8) is 0 Å². The molecule has 0 unspecified atom stereocenters. The molecule has 0 aliphatic rings. The number of rotatable bonds is 5. The molecule has 0 aliphatic heterocycles. The number of methoxy groups -OCH3 is 1. The Labute approximate surface area is 157 Å². The van der Waals surface area contributed by atoms with Crippen molar-refractivity contribution in [1.82, 2.24) is 15.2 Å². The van der Waals surface area contributed by atoms with Crippen LogP contribution in [0.4, 0.5) is 36.3 Å². The van der Waals surface area contributed by atoms with Gasteiger partial charge in [-0.1, -0.05) is 11.6 Å². The number of hydrogen-bond acceptors (Lipinski definition) is 6. The normalized spacial score (nSPS) is 11.1. The highest BCUT2D eigenvalue weighted by atomic mass is 35.5. The fourth-order valence-corrected chi connectivity index (χ4v) is 2.32. The van der Waals surface area contributed by atoms with E-state index in [-0.39, 0.29) is 16.7 Å². The summed E-state index contributed by atoms with van der Waals surface area (Å²) in [5.74, 6) is 1.04. The first-order chi connectivity index (χ1) is 12.8. The van der Waals surface area contributed by atoms with Crippen LogP contribution in [-0.4, -0.2) is 22.3 Å². The van der Waals surface area contributed by atoms with Gasteiger partial charge in [-0.2, -0.15) is 23.3 Å². The second-order valence-electron chi connectivity index (χ2n) is 5.34. The highest BCUT2D eigenvalue weighted by Crippen LogP contribution is 2.34. The monoisotopic (exact) mass is 395 g/mol. The summed E-state index contributed by atoms with van der Waals surface area (Å²) in [6.45, 7) is 0. The van der Waals surface area contributed by atoms with Gasteiger partial charge < -0.3 is 15.4 Å². The molecule has 2 N–H and O–H groups in total. The molecule has 3 aromatic rings. The highest BCUT2D eigenvalue weighted by molar-refractivity contribution is 6.33. The molecule has 1 heterocycles. The van der Waals surface area contributed by atoms with E-state index in [1.165, 1.54) is 6.20 Å². The average Bonchev–Trinajstić information content (AvgIpc) is 2.63. The van der Waals surface area contributed by atoms with Crippen molar-refractivity contribution >= 4 is 34.7 Å². The molecule has 0 radical (unpaired) electrons. The maximum atomic E-state index is 12.9. The van der Waals surface area contributed by atoms with Crippen molar-refractivity contribution < 1.29 is 17.9 Å². The molecule has 3 rings (SSSR count). The summed E-state index contributed by atoms with van der Waals surface area (Å²) < 4.78 is 43.7. The Kier molecular flexibility index (Phi) is 5.31. The van der Waals surface area contributed by atoms with Crippen molar-refractivity contribution in [3.05, 3.63) is 59.2 Å². The van der Waals surface area contributed by atoms with E-state index in [9.17, 15) is 13.2 Å². The Bertz CT molecular complexity index is 935. The van der Waals surface area contributed by atoms with E-state index in [1.807, 2.05) is 0 Å². The zero-order valence-corrected chi connectivity index (χ0v) is 14.6. The van der Waals surface area contributed by atoms with Crippen LogP contribution < -0.4 is 15.4 Å². The number of benzene rings is 2. The van der Waals surface area contributed by atoms with Gasteiger partial charge in [0.1, 0.15) is 5.75 Å². The molecule has 27 heavy (non-hydrogen) atoms. The fourth-order valence-electron chi connectivity index (χ4n) is 2.16. The van der Waals surface area contributed by atoms with Gasteiger partial charge in [-0.15, -0.1) is 5.10 Å². The summed E-state index contributed by atoms with van der Waals surface area (Å²) in [7, 11) is 1.56. The number of ether oxygens (including phenoxy) is 1. The van der Waals surface area contributed by atoms with Crippen LogP contribution in [0.2, 0.25) is 5.02 Å². The van der Waals surface area contributed by atoms with E-state index in [2.05, 4.69) is 25.8 Å². The lowest BCUT2D eigenvalue weighted by Crippen LogP contribution is -2.07. The first-order valence-electron chi connectivity index (χ1n) is 7.60. The van der Waals surface area contributed by atoms with Gasteiger partial charge in [0.15, 0.2) is 5.82 Å². The van der Waals surface area contributed by atoms with E-state index in [0.29, 0.717) is 11.6 Å². The van der Waals surface area contributed by atoms with E-state index >= 15 is 0 Å². The van der Waals surface area contributed by atoms with Gasteiger partial charge in [0.2, 0.25) is 5.95 Å². The van der Waals surface area contributed by atoms with Gasteiger partial charge in [0.25, 0.3) is 0 Å². The average molecular weight is 396 g/mol. The highest BCUT2D eigenvalue weighted by Gasteiger charge is 2.31. The molecule has 2 aromatic carbocycles. The van der Waals surface area contributed by atoms with Crippen LogP contribution in [0.5, 0.6) is 5.75 Å². The molecule has 0 saturated heterocycles. The molecular weight excluding hydrogens is 383 g/mol. The third kappa shape index (κ3) is 4.76. The zero-order valence-electron chi connectivity index (χ0n) is 13.9. The molecule has 1 aromatic heterocycles. The fraction of sp³-hybridized carbons (Fsp3) is 0.118. The zero-order chi connectivity index (χ0) is 19.4. The lowest BCUT2D eigenvalue weighted by Gasteiger charge is -2.12. The molecule has 10 heteroatoms. The number of anilines is 4. The quantitative estimate of drug-likeness (QED) is 0.630. The maximum Gasteiger partial charge on any atom is 0.416 e. The predicted molar refractivity (Wildman–Crippen MR) is 95.8 cm³/mol. The standard InChI is InChI=1S/C17H13ClF3N5O/c1-27-12-5-3-11(4-6-12)23-15-9-22-26-16(25-15)24-14-8-10(17(19,20)21)2-7-13(14)18/h2-9H,1H3,(H2,23,24,25,26). The number of halogens is 4. The number of nitrogens with zero attached hydrogens (tertiary/aromatic N) is 3. The second kappa shape index (κ2) is 7.67. The molecular formula is C17H13ClF3N5O. The Hall–Kier alpha value is -3.07. The molecule has 0 amide bonds. The van der Waals surface area contributed by atoms with E-state index in [4.69, 9.17) is 16.3 Å². The van der Waals surface area contributed by atoms with Gasteiger partial charge in [-0.25, -0.2) is 0 Å². The van der Waals surface area contributed by atoms with Crippen LogP contribution in [0.1, 0.15) is 5.56 Å². The van der Waals surface area contributed by atoms with Gasteiger partial charge >= 0.3 is 6.18 Å². The number of nitrogens with one attached hydrogen (secondary N) is 2. The van der Waals surface area contributed by atoms with Crippen molar-refractivity contribution in [2.45, 2.75) is 6.18 Å². The van der Waals surface area contributed by atoms with Gasteiger partial charge in [0.05, 0.1) is 29.6 Å². The van der Waals surface area contributed by atoms with E-state index in [1.54, 1.807) is 31.4 Å². The van der Waals surface area contributed by atoms with E-state index in [0.717, 1.165) is 23.9 Å². The minimum atomic E-state index is -4.49. The Morgan fingerprint density at radius 3 is 2.44 bits per heavy atom. The molecule has 0 saturated carbocycles. The summed E-state index contributed by atoms with van der Waals surface area (Å²) in [6.07, 6.45) is -3.11. The third-order valence-electron chi connectivity index (χ3n) is 3.46. The summed E-state index contributed by atoms with van der Waals surface area (Å²) in [5, 5.41) is 13.3. The van der Waals surface area contributed by atoms with Crippen molar-refractivity contribution in [1.29, 1.82) is 0 Å². The number of alkyl halides is 3. The second-order valence-corrected chi connectivity index (χ2v) is 5.74. The van der Waals surface area contributed by atoms with Crippen LogP contribution in [0.15, 0.2) is 48.7 Å². The first-order valence-corrected chi connectivity index (χ1v) is 7.97. The molecule has 0 bridgehead atoms. The summed E-state index contributed by atoms with van der Waals surface area (Å²) in [4.78, 5) is 4.17. The lowest BCUT2D eigenvalue weighted by atomic mass is 10.2. The van der Waals surface area contributed by atoms with E-state index < -0.39 is 11.7 Å². The molecule has 0 aliphatic carbocycles. The topological polar surface area (TPSA) is 72.0 Å². The number of aromatic nitrogens is 3. The summed E-state index contributed by atoms with van der Waals surface area (Å²) >= 11 is 5.96. The Morgan fingerprint density at radius 2 is 1.78 bits per heavy atom. The van der Waals surface area contributed by atoms with Crippen LogP contribution in [0.25, 0.3) is 0 Å². The molecule has 0 fully saturated rings. The SMILES string of the molecule is COc1ccc(Nc2cnnc(Nc3cc(C(F)(F)F)ccc3Cl)n2)cc1. The minimum absolute atomic E-state index is 0.00487. The Balaban J connectivity index is 1.79. The molecule has 0 atom stereocenters. The summed E-state index contributed by atoms with van der Waals surface area (Å²) in [6, 6.07) is 10.0. The van der Waals surface area contributed by atoms with Crippen LogP contribution >= 0.6 is 11.6 Å². The molecule has 6 nitrogen and oxygen atoms in total. The van der Waals surface area contributed by atoms with Gasteiger partial charge in [0, 0.05) is 5.69 Å². The minimum Gasteiger partial charge on any atom is -0.497 e. The maximum absolute atomic E-state index is 12.9. The van der Waals surface area contributed by atoms with Crippen molar-refractivity contribution in [2.75, 3.05) is 17.7 Å². The van der Waals surface area contributed by atoms with Crippen molar-refractivity contribution in [2.24, 2.45) is 0 Å². The molecule has 0 spiro atoms. The largest absolute Gasteiger partial charge is 0.497 e. The smallest absolute Gasteiger partial charge is 0.416 e. The lowest BCUT2D eigenvalue weighted by molar-refractivity contribution is -0.137. The Morgan fingerprint density at radius 1 is 1.04 bits per heavy atom. The molecule has 140 valence electrons. The number of hydrogen-bond donors (Lipinski definition) is 2. The van der Waals surface area contributed by atoms with Crippen molar-refractivity contribution in [3.8, 4) is 5.75 Å². The third-order valence-corrected chi connectivity index (χ3v) is 3.79. The van der Waals surface area contributed by atoms with Gasteiger partial charge in [-0.3, -0.25) is 0 Å².